The third-order valence-electron chi connectivity index (χ3n) is 5.56. The molecule has 7 heteroatoms. The molecular weight excluding hydrogens is 396 g/mol. The maximum Gasteiger partial charge on any atom is 0.226 e. The van der Waals surface area contributed by atoms with E-state index in [1.54, 1.807) is 24.8 Å². The van der Waals surface area contributed by atoms with Crippen molar-refractivity contribution in [3.8, 4) is 11.5 Å². The molecule has 2 aliphatic rings. The number of anilines is 1. The summed E-state index contributed by atoms with van der Waals surface area (Å²) >= 11 is 1.70. The first-order chi connectivity index (χ1) is 14.8. The van der Waals surface area contributed by atoms with E-state index in [4.69, 9.17) is 9.47 Å². The predicted molar refractivity (Wildman–Crippen MR) is 116 cm³/mol. The van der Waals surface area contributed by atoms with Gasteiger partial charge in [0.2, 0.25) is 5.95 Å². The average Bonchev–Trinajstić information content (AvgIpc) is 3.49. The normalized spacial score (nSPS) is 19.2. The standard InChI is InChI=1S/C23H18N4O2S/c1-28-16-9-4-3-8-15(16)22-19-20(14-7-2-5-10-17(14)29-22)26-23-24-13-25-27(23)21(19)18-11-6-12-30-18/h2-13,21-22H,1H3,(H,24,25,26)/t21-,22-/m1/s1. The lowest BCUT2D eigenvalue weighted by Gasteiger charge is -2.38. The molecule has 2 atom stereocenters. The maximum atomic E-state index is 6.62. The van der Waals surface area contributed by atoms with Crippen LogP contribution in [0, 0.1) is 0 Å². The highest BCUT2D eigenvalue weighted by Gasteiger charge is 2.42. The number of rotatable bonds is 3. The van der Waals surface area contributed by atoms with Crippen molar-refractivity contribution in [3.63, 3.8) is 0 Å². The summed E-state index contributed by atoms with van der Waals surface area (Å²) in [6.45, 7) is 0. The summed E-state index contributed by atoms with van der Waals surface area (Å²) in [6.07, 6.45) is 1.26. The quantitative estimate of drug-likeness (QED) is 0.516. The highest BCUT2D eigenvalue weighted by Crippen LogP contribution is 2.52. The van der Waals surface area contributed by atoms with E-state index in [0.717, 1.165) is 39.8 Å². The Bertz CT molecular complexity index is 1260. The molecule has 148 valence electrons. The Balaban J connectivity index is 1.65. The van der Waals surface area contributed by atoms with Crippen LogP contribution in [0.5, 0.6) is 11.5 Å². The molecule has 0 aliphatic carbocycles. The van der Waals surface area contributed by atoms with Crippen molar-refractivity contribution in [2.24, 2.45) is 0 Å². The van der Waals surface area contributed by atoms with Gasteiger partial charge in [0, 0.05) is 21.6 Å². The Morgan fingerprint density at radius 1 is 1.07 bits per heavy atom. The smallest absolute Gasteiger partial charge is 0.226 e. The minimum atomic E-state index is -0.331. The van der Waals surface area contributed by atoms with Crippen LogP contribution in [-0.2, 0) is 0 Å². The lowest BCUT2D eigenvalue weighted by molar-refractivity contribution is 0.218. The third-order valence-corrected chi connectivity index (χ3v) is 6.48. The van der Waals surface area contributed by atoms with Crippen LogP contribution in [0.4, 0.5) is 5.95 Å². The summed E-state index contributed by atoms with van der Waals surface area (Å²) in [5.41, 5.74) is 4.12. The molecule has 0 unspecified atom stereocenters. The molecule has 0 radical (unpaired) electrons. The van der Waals surface area contributed by atoms with E-state index in [9.17, 15) is 0 Å². The zero-order valence-electron chi connectivity index (χ0n) is 16.1. The number of hydrogen-bond acceptors (Lipinski definition) is 6. The molecule has 0 saturated heterocycles. The Kier molecular flexibility index (Phi) is 3.89. The highest BCUT2D eigenvalue weighted by molar-refractivity contribution is 7.10. The molecule has 0 amide bonds. The molecule has 6 nitrogen and oxygen atoms in total. The second-order valence-electron chi connectivity index (χ2n) is 7.14. The maximum absolute atomic E-state index is 6.62. The molecule has 4 heterocycles. The Hall–Kier alpha value is -3.58. The first kappa shape index (κ1) is 17.3. The van der Waals surface area contributed by atoms with E-state index in [1.165, 1.54) is 4.88 Å². The molecule has 4 aromatic rings. The topological polar surface area (TPSA) is 61.2 Å². The van der Waals surface area contributed by atoms with Crippen LogP contribution in [0.25, 0.3) is 5.70 Å². The van der Waals surface area contributed by atoms with Gasteiger partial charge in [0.05, 0.1) is 12.8 Å². The van der Waals surface area contributed by atoms with Crippen LogP contribution < -0.4 is 14.8 Å². The van der Waals surface area contributed by atoms with Gasteiger partial charge in [-0.15, -0.1) is 11.3 Å². The van der Waals surface area contributed by atoms with Crippen LogP contribution >= 0.6 is 11.3 Å². The van der Waals surface area contributed by atoms with Crippen molar-refractivity contribution < 1.29 is 9.47 Å². The van der Waals surface area contributed by atoms with Gasteiger partial charge in [-0.05, 0) is 29.6 Å². The molecule has 6 rings (SSSR count). The molecule has 1 N–H and O–H groups in total. The van der Waals surface area contributed by atoms with Crippen molar-refractivity contribution in [1.82, 2.24) is 14.8 Å². The van der Waals surface area contributed by atoms with Gasteiger partial charge in [-0.25, -0.2) is 4.68 Å². The lowest BCUT2D eigenvalue weighted by atomic mass is 9.86. The summed E-state index contributed by atoms with van der Waals surface area (Å²) in [4.78, 5) is 5.64. The fourth-order valence-electron chi connectivity index (χ4n) is 4.28. The summed E-state index contributed by atoms with van der Waals surface area (Å²) in [5.74, 6) is 2.35. The number of hydrogen-bond donors (Lipinski definition) is 1. The van der Waals surface area contributed by atoms with E-state index < -0.39 is 0 Å². The van der Waals surface area contributed by atoms with Gasteiger partial charge in [0.1, 0.15) is 23.9 Å². The summed E-state index contributed by atoms with van der Waals surface area (Å²) < 4.78 is 14.2. The number of nitrogens with one attached hydrogen (secondary N) is 1. The van der Waals surface area contributed by atoms with Crippen LogP contribution in [0.1, 0.15) is 28.1 Å². The van der Waals surface area contributed by atoms with E-state index in [-0.39, 0.29) is 12.1 Å². The molecule has 2 aromatic heterocycles. The molecule has 0 saturated carbocycles. The fraction of sp³-hybridized carbons (Fsp3) is 0.130. The van der Waals surface area contributed by atoms with Gasteiger partial charge in [-0.3, -0.25) is 0 Å². The van der Waals surface area contributed by atoms with E-state index in [2.05, 4.69) is 45.0 Å². The first-order valence-corrected chi connectivity index (χ1v) is 10.6. The zero-order chi connectivity index (χ0) is 20.1. The molecule has 0 spiro atoms. The van der Waals surface area contributed by atoms with Crippen LogP contribution in [-0.4, -0.2) is 21.9 Å². The average molecular weight is 414 g/mol. The number of nitrogens with zero attached hydrogens (tertiary/aromatic N) is 3. The Morgan fingerprint density at radius 3 is 2.80 bits per heavy atom. The predicted octanol–water partition coefficient (Wildman–Crippen LogP) is 4.91. The van der Waals surface area contributed by atoms with Crippen LogP contribution in [0.15, 0.2) is 77.9 Å². The number of aromatic nitrogens is 3. The monoisotopic (exact) mass is 414 g/mol. The summed E-state index contributed by atoms with van der Waals surface area (Å²) in [5, 5.41) is 10.1. The van der Waals surface area contributed by atoms with E-state index in [0.29, 0.717) is 0 Å². The summed E-state index contributed by atoms with van der Waals surface area (Å²) in [6, 6.07) is 20.2. The van der Waals surface area contributed by atoms with Gasteiger partial charge in [0.15, 0.2) is 6.10 Å². The Morgan fingerprint density at radius 2 is 1.93 bits per heavy atom. The van der Waals surface area contributed by atoms with Crippen LogP contribution in [0.3, 0.4) is 0 Å². The van der Waals surface area contributed by atoms with E-state index >= 15 is 0 Å². The third kappa shape index (κ3) is 2.48. The van der Waals surface area contributed by atoms with Gasteiger partial charge in [0.25, 0.3) is 0 Å². The molecular formula is C23H18N4O2S. The fourth-order valence-corrected chi connectivity index (χ4v) is 5.11. The van der Waals surface area contributed by atoms with Crippen molar-refractivity contribution >= 4 is 23.0 Å². The molecule has 0 fully saturated rings. The molecule has 2 aliphatic heterocycles. The number of para-hydroxylation sites is 2. The molecule has 0 bridgehead atoms. The minimum Gasteiger partial charge on any atom is -0.496 e. The van der Waals surface area contributed by atoms with E-state index in [1.807, 2.05) is 41.1 Å². The number of thiophene rings is 1. The largest absolute Gasteiger partial charge is 0.496 e. The first-order valence-electron chi connectivity index (χ1n) is 9.68. The van der Waals surface area contributed by atoms with Crippen molar-refractivity contribution in [2.75, 3.05) is 12.4 Å². The van der Waals surface area contributed by atoms with Crippen LogP contribution in [0.2, 0.25) is 0 Å². The number of benzene rings is 2. The lowest BCUT2D eigenvalue weighted by Crippen LogP contribution is -2.32. The molecule has 30 heavy (non-hydrogen) atoms. The Labute approximate surface area is 177 Å². The zero-order valence-corrected chi connectivity index (χ0v) is 17.0. The van der Waals surface area contributed by atoms with Gasteiger partial charge < -0.3 is 14.8 Å². The van der Waals surface area contributed by atoms with Gasteiger partial charge >= 0.3 is 0 Å². The minimum absolute atomic E-state index is 0.123. The summed E-state index contributed by atoms with van der Waals surface area (Å²) in [7, 11) is 1.69. The number of ether oxygens (including phenoxy) is 2. The van der Waals surface area contributed by atoms with Crippen molar-refractivity contribution in [1.29, 1.82) is 0 Å². The second kappa shape index (κ2) is 6.74. The number of fused-ring (bicyclic) bond motifs is 3. The molecule has 2 aromatic carbocycles. The van der Waals surface area contributed by atoms with Gasteiger partial charge in [-0.1, -0.05) is 36.4 Å². The second-order valence-corrected chi connectivity index (χ2v) is 8.12. The van der Waals surface area contributed by atoms with Gasteiger partial charge in [-0.2, -0.15) is 10.1 Å². The van der Waals surface area contributed by atoms with Crippen molar-refractivity contribution in [3.05, 3.63) is 93.9 Å². The highest BCUT2D eigenvalue weighted by atomic mass is 32.1. The van der Waals surface area contributed by atoms with Crippen molar-refractivity contribution in [2.45, 2.75) is 12.1 Å². The number of methoxy groups -OCH3 is 1. The SMILES string of the molecule is COc1ccccc1[C@H]1Oc2ccccc2C2=C1[C@@H](c1cccs1)n1ncnc1N2.